The normalized spacial score (nSPS) is 14.4. The number of ether oxygens (including phenoxy) is 1. The summed E-state index contributed by atoms with van der Waals surface area (Å²) in [4.78, 5) is 35.2. The molecule has 0 radical (unpaired) electrons. The lowest BCUT2D eigenvalue weighted by Gasteiger charge is -2.17. The highest BCUT2D eigenvalue weighted by molar-refractivity contribution is 7.94. The van der Waals surface area contributed by atoms with Crippen LogP contribution in [-0.4, -0.2) is 32.5 Å². The predicted molar refractivity (Wildman–Crippen MR) is 123 cm³/mol. The fourth-order valence-electron chi connectivity index (χ4n) is 3.12. The lowest BCUT2D eigenvalue weighted by molar-refractivity contribution is -0.387. The monoisotopic (exact) mass is 476 g/mol. The third kappa shape index (κ3) is 7.60. The van der Waals surface area contributed by atoms with Gasteiger partial charge in [-0.05, 0) is 37.0 Å². The molecule has 0 aliphatic rings. The number of amides is 1. The number of nitro groups is 1. The van der Waals surface area contributed by atoms with E-state index >= 15 is 0 Å². The average Bonchev–Trinajstić information content (AvgIpc) is 2.73. The number of nitrogens with zero attached hydrogens (tertiary/aromatic N) is 2. The van der Waals surface area contributed by atoms with Crippen molar-refractivity contribution in [1.82, 2.24) is 0 Å². The Kier molecular flexibility index (Phi) is 8.98. The average molecular weight is 477 g/mol. The largest absolute Gasteiger partial charge is 0.457 e. The number of benzene rings is 2. The van der Waals surface area contributed by atoms with Crippen LogP contribution in [0.5, 0.6) is 0 Å². The zero-order valence-corrected chi connectivity index (χ0v) is 19.1. The van der Waals surface area contributed by atoms with Crippen LogP contribution in [0.25, 0.3) is 0 Å². The summed E-state index contributed by atoms with van der Waals surface area (Å²) in [6, 6.07) is 11.4. The number of carbonyl (C=O) groups is 2. The Bertz CT molecular complexity index is 1160. The molecule has 1 amide bonds. The van der Waals surface area contributed by atoms with Crippen molar-refractivity contribution in [3.05, 3.63) is 88.2 Å². The van der Waals surface area contributed by atoms with Crippen LogP contribution in [0, 0.1) is 21.8 Å². The summed E-state index contributed by atoms with van der Waals surface area (Å²) in [7, 11) is -3.44. The van der Waals surface area contributed by atoms with E-state index in [2.05, 4.69) is 10.9 Å². The maximum absolute atomic E-state index is 13.6. The van der Waals surface area contributed by atoms with Gasteiger partial charge in [0.15, 0.2) is 0 Å². The van der Waals surface area contributed by atoms with Crippen molar-refractivity contribution in [2.45, 2.75) is 26.4 Å². The second kappa shape index (κ2) is 11.5. The van der Waals surface area contributed by atoms with Crippen LogP contribution in [-0.2, 0) is 19.3 Å². The highest BCUT2D eigenvalue weighted by atomic mass is 32.2. The molecular weight excluding hydrogens is 451 g/mol. The lowest BCUT2D eigenvalue weighted by atomic mass is 10.1. The standard InChI is InChI=1S/C23H25FN2O6S/c1-4-8-16(2)14-33(31,15-22(27)32-17(3)18-9-6-5-7-10-18)25-23(28)19-11-12-20(24)21(13-19)26(29)30/h4-7,9-13,16-17H,1,8,14-15H2,2-3H3/t16-,17-,33+/m0/s1. The molecular formula is C23H25FN2O6S. The number of rotatable bonds is 10. The SMILES string of the molecule is C=CC[C@H](C)C[S@@](=O)(CC(=O)O[C@@H](C)c1ccccc1)=NC(=O)c1ccc(F)c([N+](=O)[O-])c1. The van der Waals surface area contributed by atoms with Gasteiger partial charge in [0, 0.05) is 17.4 Å². The quantitative estimate of drug-likeness (QED) is 0.209. The van der Waals surface area contributed by atoms with Crippen molar-refractivity contribution in [2.75, 3.05) is 11.5 Å². The van der Waals surface area contributed by atoms with Crippen molar-refractivity contribution in [3.8, 4) is 0 Å². The number of nitro benzene ring substituents is 1. The number of halogens is 1. The summed E-state index contributed by atoms with van der Waals surface area (Å²) >= 11 is 0. The molecule has 0 saturated heterocycles. The van der Waals surface area contributed by atoms with E-state index in [0.29, 0.717) is 6.42 Å². The maximum Gasteiger partial charge on any atom is 0.320 e. The number of hydrogen-bond acceptors (Lipinski definition) is 6. The van der Waals surface area contributed by atoms with Crippen LogP contribution in [0.1, 0.15) is 42.3 Å². The minimum atomic E-state index is -3.44. The van der Waals surface area contributed by atoms with Crippen LogP contribution in [0.15, 0.2) is 65.5 Å². The number of carbonyl (C=O) groups excluding carboxylic acids is 2. The van der Waals surface area contributed by atoms with E-state index in [0.717, 1.165) is 23.8 Å². The van der Waals surface area contributed by atoms with Gasteiger partial charge in [-0.25, -0.2) is 4.21 Å². The van der Waals surface area contributed by atoms with Crippen molar-refractivity contribution in [3.63, 3.8) is 0 Å². The molecule has 8 nitrogen and oxygen atoms in total. The first-order chi connectivity index (χ1) is 15.5. The van der Waals surface area contributed by atoms with Gasteiger partial charge in [0.2, 0.25) is 5.82 Å². The smallest absolute Gasteiger partial charge is 0.320 e. The summed E-state index contributed by atoms with van der Waals surface area (Å²) in [6.45, 7) is 7.05. The molecule has 0 saturated carbocycles. The Morgan fingerprint density at radius 3 is 2.52 bits per heavy atom. The number of allylic oxidation sites excluding steroid dienone is 1. The molecule has 0 heterocycles. The van der Waals surface area contributed by atoms with Gasteiger partial charge in [0.25, 0.3) is 5.91 Å². The van der Waals surface area contributed by atoms with Gasteiger partial charge < -0.3 is 4.74 Å². The van der Waals surface area contributed by atoms with Crippen LogP contribution >= 0.6 is 0 Å². The summed E-state index contributed by atoms with van der Waals surface area (Å²) in [5.41, 5.74) is -0.471. The van der Waals surface area contributed by atoms with Crippen molar-refractivity contribution in [2.24, 2.45) is 10.3 Å². The van der Waals surface area contributed by atoms with Crippen molar-refractivity contribution >= 4 is 27.3 Å². The summed E-state index contributed by atoms with van der Waals surface area (Å²) in [6.07, 6.45) is 1.48. The fraction of sp³-hybridized carbons (Fsp3) is 0.304. The van der Waals surface area contributed by atoms with Crippen molar-refractivity contribution < 1.29 is 27.8 Å². The minimum Gasteiger partial charge on any atom is -0.457 e. The first kappa shape index (κ1) is 25.9. The number of hydrogen-bond donors (Lipinski definition) is 0. The first-order valence-corrected chi connectivity index (χ1v) is 12.0. The second-order valence-electron chi connectivity index (χ2n) is 7.58. The lowest BCUT2D eigenvalue weighted by Crippen LogP contribution is -2.25. The molecule has 3 atom stereocenters. The first-order valence-electron chi connectivity index (χ1n) is 10.1. The molecule has 0 bridgehead atoms. The van der Waals surface area contributed by atoms with E-state index in [-0.39, 0.29) is 17.2 Å². The molecule has 2 aromatic carbocycles. The molecule has 0 aromatic heterocycles. The van der Waals surface area contributed by atoms with E-state index in [9.17, 15) is 28.3 Å². The topological polar surface area (TPSA) is 116 Å². The van der Waals surface area contributed by atoms with Gasteiger partial charge in [-0.1, -0.05) is 43.3 Å². The van der Waals surface area contributed by atoms with Crippen LogP contribution in [0.2, 0.25) is 0 Å². The molecule has 2 aromatic rings. The van der Waals surface area contributed by atoms with E-state index in [1.165, 1.54) is 0 Å². The Morgan fingerprint density at radius 2 is 1.91 bits per heavy atom. The van der Waals surface area contributed by atoms with Crippen LogP contribution in [0.4, 0.5) is 10.1 Å². The zero-order valence-electron chi connectivity index (χ0n) is 18.3. The molecule has 2 rings (SSSR count). The van der Waals surface area contributed by atoms with Crippen LogP contribution < -0.4 is 0 Å². The molecule has 0 spiro atoms. The molecule has 176 valence electrons. The van der Waals surface area contributed by atoms with E-state index in [4.69, 9.17) is 4.74 Å². The maximum atomic E-state index is 13.6. The predicted octanol–water partition coefficient (Wildman–Crippen LogP) is 4.86. The molecule has 10 heteroatoms. The Morgan fingerprint density at radius 1 is 1.24 bits per heavy atom. The molecule has 0 aliphatic heterocycles. The highest BCUT2D eigenvalue weighted by Crippen LogP contribution is 2.21. The summed E-state index contributed by atoms with van der Waals surface area (Å²) < 4.78 is 36.3. The zero-order chi connectivity index (χ0) is 24.6. The van der Waals surface area contributed by atoms with Gasteiger partial charge in [0.05, 0.1) is 14.7 Å². The van der Waals surface area contributed by atoms with E-state index in [1.54, 1.807) is 44.2 Å². The molecule has 0 unspecified atom stereocenters. The van der Waals surface area contributed by atoms with Gasteiger partial charge >= 0.3 is 11.7 Å². The number of esters is 1. The Balaban J connectivity index is 2.33. The van der Waals surface area contributed by atoms with Crippen molar-refractivity contribution in [1.29, 1.82) is 0 Å². The third-order valence-electron chi connectivity index (χ3n) is 4.67. The molecule has 0 N–H and O–H groups in total. The molecule has 33 heavy (non-hydrogen) atoms. The fourth-order valence-corrected chi connectivity index (χ4v) is 5.25. The Hall–Kier alpha value is -3.40. The van der Waals surface area contributed by atoms with Gasteiger partial charge in [-0.2, -0.15) is 8.75 Å². The molecule has 0 fully saturated rings. The van der Waals surface area contributed by atoms with E-state index in [1.807, 2.05) is 6.07 Å². The third-order valence-corrected chi connectivity index (χ3v) is 6.95. The Labute approximate surface area is 191 Å². The van der Waals surface area contributed by atoms with Gasteiger partial charge in [0.1, 0.15) is 11.9 Å². The highest BCUT2D eigenvalue weighted by Gasteiger charge is 2.24. The van der Waals surface area contributed by atoms with E-state index < -0.39 is 49.9 Å². The molecule has 0 aliphatic carbocycles. The van der Waals surface area contributed by atoms with Gasteiger partial charge in [-0.3, -0.25) is 19.7 Å². The van der Waals surface area contributed by atoms with Gasteiger partial charge in [-0.15, -0.1) is 6.58 Å². The minimum absolute atomic E-state index is 0.0944. The second-order valence-corrected chi connectivity index (χ2v) is 9.93. The summed E-state index contributed by atoms with van der Waals surface area (Å²) in [5, 5.41) is 11.0. The van der Waals surface area contributed by atoms with Crippen LogP contribution in [0.3, 0.4) is 0 Å². The summed E-state index contributed by atoms with van der Waals surface area (Å²) in [5.74, 6) is -3.91.